The van der Waals surface area contributed by atoms with E-state index in [1.165, 1.54) is 0 Å². The number of methoxy groups -OCH3 is 1. The number of anilines is 1. The molecule has 0 unspecified atom stereocenters. The van der Waals surface area contributed by atoms with Gasteiger partial charge in [-0.05, 0) is 37.2 Å². The molecule has 29 heavy (non-hydrogen) atoms. The molecule has 0 aliphatic rings. The van der Waals surface area contributed by atoms with E-state index in [-0.39, 0.29) is 18.4 Å². The summed E-state index contributed by atoms with van der Waals surface area (Å²) in [5, 5.41) is 6.52. The highest BCUT2D eigenvalue weighted by Gasteiger charge is 2.26. The van der Waals surface area contributed by atoms with E-state index < -0.39 is 6.04 Å². The van der Waals surface area contributed by atoms with Gasteiger partial charge in [0, 0.05) is 36.0 Å². The minimum absolute atomic E-state index is 0.0657. The van der Waals surface area contributed by atoms with Gasteiger partial charge in [-0.15, -0.1) is 0 Å². The second kappa shape index (κ2) is 11.8. The van der Waals surface area contributed by atoms with Crippen molar-refractivity contribution in [1.29, 1.82) is 0 Å². The number of hydrogen-bond donors (Lipinski definition) is 2. The van der Waals surface area contributed by atoms with E-state index in [2.05, 4.69) is 10.6 Å². The highest BCUT2D eigenvalue weighted by Crippen LogP contribution is 2.25. The first kappa shape index (κ1) is 23.2. The van der Waals surface area contributed by atoms with E-state index in [1.54, 1.807) is 37.3 Å². The van der Waals surface area contributed by atoms with E-state index >= 15 is 0 Å². The Bertz CT molecular complexity index is 798. The van der Waals surface area contributed by atoms with Crippen LogP contribution in [0.3, 0.4) is 0 Å². The summed E-state index contributed by atoms with van der Waals surface area (Å²) in [7, 11) is 3.35. The van der Waals surface area contributed by atoms with Crippen molar-refractivity contribution in [2.24, 2.45) is 0 Å². The molecule has 0 aromatic heterocycles. The largest absolute Gasteiger partial charge is 0.385 e. The lowest BCUT2D eigenvalue weighted by molar-refractivity contribution is -0.125. The van der Waals surface area contributed by atoms with Crippen LogP contribution in [0.2, 0.25) is 10.0 Å². The minimum atomic E-state index is -0.668. The molecule has 6 nitrogen and oxygen atoms in total. The van der Waals surface area contributed by atoms with Crippen molar-refractivity contribution in [2.75, 3.05) is 39.2 Å². The molecular formula is C21H25Cl2N3O3. The fourth-order valence-corrected chi connectivity index (χ4v) is 3.42. The van der Waals surface area contributed by atoms with E-state index in [4.69, 9.17) is 27.9 Å². The fourth-order valence-electron chi connectivity index (χ4n) is 2.90. The van der Waals surface area contributed by atoms with Gasteiger partial charge in [-0.3, -0.25) is 14.5 Å². The summed E-state index contributed by atoms with van der Waals surface area (Å²) in [6, 6.07) is 13.4. The van der Waals surface area contributed by atoms with E-state index in [0.717, 1.165) is 12.0 Å². The Kier molecular flexibility index (Phi) is 9.41. The van der Waals surface area contributed by atoms with Crippen LogP contribution >= 0.6 is 23.2 Å². The van der Waals surface area contributed by atoms with Crippen LogP contribution < -0.4 is 10.6 Å². The summed E-state index contributed by atoms with van der Waals surface area (Å²) < 4.78 is 4.97. The summed E-state index contributed by atoms with van der Waals surface area (Å²) in [5.41, 5.74) is 1.26. The number of ether oxygens (including phenoxy) is 1. The monoisotopic (exact) mass is 437 g/mol. The van der Waals surface area contributed by atoms with Gasteiger partial charge in [0.05, 0.1) is 6.54 Å². The van der Waals surface area contributed by atoms with Crippen molar-refractivity contribution in [1.82, 2.24) is 10.2 Å². The molecule has 0 saturated carbocycles. The van der Waals surface area contributed by atoms with Crippen molar-refractivity contribution in [3.05, 3.63) is 64.1 Å². The molecule has 0 heterocycles. The van der Waals surface area contributed by atoms with Crippen molar-refractivity contribution < 1.29 is 14.3 Å². The van der Waals surface area contributed by atoms with Crippen LogP contribution in [0, 0.1) is 0 Å². The lowest BCUT2D eigenvalue weighted by Gasteiger charge is -2.27. The lowest BCUT2D eigenvalue weighted by Crippen LogP contribution is -2.41. The van der Waals surface area contributed by atoms with Gasteiger partial charge < -0.3 is 15.4 Å². The highest BCUT2D eigenvalue weighted by atomic mass is 35.5. The molecule has 0 bridgehead atoms. The maximum absolute atomic E-state index is 13.1. The standard InChI is InChI=1S/C21H25Cl2N3O3/c1-26(14-19(27)24-9-6-10-29-2)20(15-7-4-3-5-8-15)21(28)25-18-12-16(22)11-17(23)13-18/h3-5,7-8,11-13,20H,6,9-10,14H2,1-2H3,(H,24,27)(H,25,28)/t20-/m0/s1. The van der Waals surface area contributed by atoms with Crippen molar-refractivity contribution in [3.63, 3.8) is 0 Å². The van der Waals surface area contributed by atoms with Gasteiger partial charge in [-0.2, -0.15) is 0 Å². The zero-order valence-corrected chi connectivity index (χ0v) is 18.0. The third-order valence-corrected chi connectivity index (χ3v) is 4.61. The first-order valence-electron chi connectivity index (χ1n) is 9.18. The second-order valence-corrected chi connectivity index (χ2v) is 7.44. The first-order valence-corrected chi connectivity index (χ1v) is 9.94. The zero-order chi connectivity index (χ0) is 21.2. The number of carbonyl (C=O) groups excluding carboxylic acids is 2. The Hall–Kier alpha value is -2.12. The molecule has 0 spiro atoms. The van der Waals surface area contributed by atoms with Crippen molar-refractivity contribution in [3.8, 4) is 0 Å². The summed E-state index contributed by atoms with van der Waals surface area (Å²) in [6.45, 7) is 1.16. The summed E-state index contributed by atoms with van der Waals surface area (Å²) in [6.07, 6.45) is 0.726. The predicted molar refractivity (Wildman–Crippen MR) is 116 cm³/mol. The number of rotatable bonds is 10. The third-order valence-electron chi connectivity index (χ3n) is 4.17. The van der Waals surface area contributed by atoms with Crippen molar-refractivity contribution in [2.45, 2.75) is 12.5 Å². The van der Waals surface area contributed by atoms with Crippen LogP contribution in [-0.4, -0.2) is 50.6 Å². The van der Waals surface area contributed by atoms with Crippen LogP contribution in [-0.2, 0) is 14.3 Å². The molecule has 1 atom stereocenters. The second-order valence-electron chi connectivity index (χ2n) is 6.57. The van der Waals surface area contributed by atoms with Crippen LogP contribution in [0.25, 0.3) is 0 Å². The summed E-state index contributed by atoms with van der Waals surface area (Å²) in [5.74, 6) is -0.452. The molecule has 2 N–H and O–H groups in total. The van der Waals surface area contributed by atoms with Gasteiger partial charge in [0.2, 0.25) is 11.8 Å². The smallest absolute Gasteiger partial charge is 0.246 e. The van der Waals surface area contributed by atoms with Gasteiger partial charge in [-0.1, -0.05) is 53.5 Å². The number of amides is 2. The Morgan fingerprint density at radius 2 is 1.76 bits per heavy atom. The number of halogens is 2. The maximum atomic E-state index is 13.1. The molecule has 2 aromatic rings. The Labute approximate surface area is 181 Å². The molecule has 0 saturated heterocycles. The Morgan fingerprint density at radius 3 is 2.38 bits per heavy atom. The van der Waals surface area contributed by atoms with Gasteiger partial charge in [0.15, 0.2) is 0 Å². The van der Waals surface area contributed by atoms with Crippen LogP contribution in [0.15, 0.2) is 48.5 Å². The van der Waals surface area contributed by atoms with E-state index in [9.17, 15) is 9.59 Å². The van der Waals surface area contributed by atoms with Gasteiger partial charge in [0.25, 0.3) is 0 Å². The fraction of sp³-hybridized carbons (Fsp3) is 0.333. The number of benzene rings is 2. The van der Waals surface area contributed by atoms with E-state index in [0.29, 0.717) is 28.9 Å². The molecule has 156 valence electrons. The number of nitrogens with zero attached hydrogens (tertiary/aromatic N) is 1. The average Bonchev–Trinajstić information content (AvgIpc) is 2.65. The predicted octanol–water partition coefficient (Wildman–Crippen LogP) is 3.76. The summed E-state index contributed by atoms with van der Waals surface area (Å²) in [4.78, 5) is 27.0. The van der Waals surface area contributed by atoms with Crippen molar-refractivity contribution >= 4 is 40.7 Å². The molecular weight excluding hydrogens is 413 g/mol. The van der Waals surface area contributed by atoms with Crippen LogP contribution in [0.5, 0.6) is 0 Å². The molecule has 0 fully saturated rings. The number of hydrogen-bond acceptors (Lipinski definition) is 4. The summed E-state index contributed by atoms with van der Waals surface area (Å²) >= 11 is 12.0. The van der Waals surface area contributed by atoms with Crippen LogP contribution in [0.4, 0.5) is 5.69 Å². The molecule has 0 aliphatic heterocycles. The molecule has 2 amide bonds. The number of carbonyl (C=O) groups is 2. The lowest BCUT2D eigenvalue weighted by atomic mass is 10.0. The third kappa shape index (κ3) is 7.66. The highest BCUT2D eigenvalue weighted by molar-refractivity contribution is 6.35. The van der Waals surface area contributed by atoms with E-state index in [1.807, 2.05) is 30.3 Å². The normalized spacial score (nSPS) is 11.9. The molecule has 8 heteroatoms. The Morgan fingerprint density at radius 1 is 1.10 bits per heavy atom. The quantitative estimate of drug-likeness (QED) is 0.555. The number of likely N-dealkylation sites (N-methyl/N-ethyl adjacent to an activating group) is 1. The molecule has 0 aliphatic carbocycles. The van der Waals surface area contributed by atoms with Gasteiger partial charge in [0.1, 0.15) is 6.04 Å². The van der Waals surface area contributed by atoms with Crippen LogP contribution in [0.1, 0.15) is 18.0 Å². The topological polar surface area (TPSA) is 70.7 Å². The maximum Gasteiger partial charge on any atom is 0.246 e. The number of nitrogens with one attached hydrogen (secondary N) is 2. The SMILES string of the molecule is COCCCNC(=O)CN(C)[C@H](C(=O)Nc1cc(Cl)cc(Cl)c1)c1ccccc1. The average molecular weight is 438 g/mol. The van der Waals surface area contributed by atoms with Gasteiger partial charge >= 0.3 is 0 Å². The zero-order valence-electron chi connectivity index (χ0n) is 16.5. The van der Waals surface area contributed by atoms with Gasteiger partial charge in [-0.25, -0.2) is 0 Å². The first-order chi connectivity index (χ1) is 13.9. The molecule has 2 rings (SSSR count). The molecule has 0 radical (unpaired) electrons. The Balaban J connectivity index is 2.12. The minimum Gasteiger partial charge on any atom is -0.385 e. The molecule has 2 aromatic carbocycles.